The Morgan fingerprint density at radius 3 is 2.41 bits per heavy atom. The minimum atomic E-state index is -0.199. The Kier molecular flexibility index (Phi) is 6.27. The van der Waals surface area contributed by atoms with Crippen molar-refractivity contribution >= 4 is 40.1 Å². The highest BCUT2D eigenvalue weighted by molar-refractivity contribution is 6.21. The lowest BCUT2D eigenvalue weighted by atomic mass is 9.94. The van der Waals surface area contributed by atoms with Gasteiger partial charge >= 0.3 is 0 Å². The summed E-state index contributed by atoms with van der Waals surface area (Å²) in [6, 6.07) is 16.1. The number of anilines is 1. The van der Waals surface area contributed by atoms with Crippen LogP contribution in [0, 0.1) is 0 Å². The smallest absolute Gasteiger partial charge is 0.255 e. The number of fused-ring (bicyclic) bond motifs is 1. The summed E-state index contributed by atoms with van der Waals surface area (Å²) >= 11 is 6.39. The zero-order valence-electron chi connectivity index (χ0n) is 18.4. The molecule has 0 saturated heterocycles. The third kappa shape index (κ3) is 4.79. The number of nitrogens with zero attached hydrogens (tertiary/aromatic N) is 2. The first-order chi connectivity index (χ1) is 16.6. The molecule has 0 spiro atoms. The lowest BCUT2D eigenvalue weighted by Gasteiger charge is -2.27. The number of carbonyl (C=O) groups excluding carboxylic acids is 2. The van der Waals surface area contributed by atoms with Gasteiger partial charge in [0.15, 0.2) is 0 Å². The van der Waals surface area contributed by atoms with Crippen LogP contribution in [0.1, 0.15) is 46.4 Å². The normalized spacial score (nSPS) is 17.9. The number of aromatic amines is 1. The molecule has 2 aromatic heterocycles. The van der Waals surface area contributed by atoms with Gasteiger partial charge in [0.1, 0.15) is 5.82 Å². The van der Waals surface area contributed by atoms with Crippen LogP contribution in [0.15, 0.2) is 67.0 Å². The van der Waals surface area contributed by atoms with Gasteiger partial charge in [-0.2, -0.15) is 0 Å². The Morgan fingerprint density at radius 2 is 1.65 bits per heavy atom. The number of aromatic nitrogens is 3. The minimum Gasteiger partial charge on any atom is -0.348 e. The maximum absolute atomic E-state index is 12.8. The molecule has 34 heavy (non-hydrogen) atoms. The van der Waals surface area contributed by atoms with E-state index in [9.17, 15) is 9.59 Å². The number of hydrogen-bond acceptors (Lipinski definition) is 4. The van der Waals surface area contributed by atoms with E-state index in [1.807, 2.05) is 24.3 Å². The van der Waals surface area contributed by atoms with Crippen molar-refractivity contribution in [3.63, 3.8) is 0 Å². The van der Waals surface area contributed by atoms with Crippen molar-refractivity contribution in [2.24, 2.45) is 0 Å². The van der Waals surface area contributed by atoms with Crippen molar-refractivity contribution in [3.8, 4) is 11.4 Å². The van der Waals surface area contributed by atoms with Crippen LogP contribution >= 0.6 is 11.6 Å². The molecule has 1 aliphatic carbocycles. The molecule has 2 unspecified atom stereocenters. The molecular formula is C26H24ClN5O2. The zero-order valence-corrected chi connectivity index (χ0v) is 19.2. The number of pyridine rings is 1. The molecule has 5 rings (SSSR count). The van der Waals surface area contributed by atoms with E-state index in [0.717, 1.165) is 42.3 Å². The van der Waals surface area contributed by atoms with Gasteiger partial charge in [-0.3, -0.25) is 14.6 Å². The average molecular weight is 474 g/mol. The van der Waals surface area contributed by atoms with Crippen LogP contribution in [0.3, 0.4) is 0 Å². The standard InChI is InChI=1S/C26H24ClN5O2/c27-20-3-1-2-4-21(20)32-26(34)18-9-10-22-23(15-18)31-24(30-22)16-5-7-17(8-6-16)25(33)29-19-11-13-28-14-12-19/h5-15,20-21H,1-4H2,(H,30,31)(H,32,34)(H,28,29,33). The van der Waals surface area contributed by atoms with Crippen LogP contribution in [0.4, 0.5) is 5.69 Å². The predicted octanol–water partition coefficient (Wildman–Crippen LogP) is 5.16. The van der Waals surface area contributed by atoms with Gasteiger partial charge in [-0.1, -0.05) is 25.0 Å². The molecule has 0 radical (unpaired) electrons. The molecule has 0 aliphatic heterocycles. The summed E-state index contributed by atoms with van der Waals surface area (Å²) in [5.41, 5.74) is 4.17. The summed E-state index contributed by atoms with van der Waals surface area (Å²) in [6.07, 6.45) is 7.29. The van der Waals surface area contributed by atoms with Crippen molar-refractivity contribution in [2.75, 3.05) is 5.32 Å². The molecule has 172 valence electrons. The summed E-state index contributed by atoms with van der Waals surface area (Å²) in [5, 5.41) is 5.90. The van der Waals surface area contributed by atoms with Gasteiger partial charge in [-0.05, 0) is 55.3 Å². The highest BCUT2D eigenvalue weighted by Gasteiger charge is 2.25. The summed E-state index contributed by atoms with van der Waals surface area (Å²) in [4.78, 5) is 37.1. The van der Waals surface area contributed by atoms with Gasteiger partial charge in [0.05, 0.1) is 16.4 Å². The Labute approximate surface area is 202 Å². The van der Waals surface area contributed by atoms with Gasteiger partial charge in [0, 0.05) is 40.8 Å². The summed E-state index contributed by atoms with van der Waals surface area (Å²) in [5.74, 6) is 0.345. The second-order valence-corrected chi connectivity index (χ2v) is 9.03. The second kappa shape index (κ2) is 9.65. The lowest BCUT2D eigenvalue weighted by Crippen LogP contribution is -2.42. The Bertz CT molecular complexity index is 1320. The number of nitrogens with one attached hydrogen (secondary N) is 3. The van der Waals surface area contributed by atoms with Gasteiger partial charge in [-0.25, -0.2) is 4.98 Å². The highest BCUT2D eigenvalue weighted by Crippen LogP contribution is 2.25. The largest absolute Gasteiger partial charge is 0.348 e. The number of carbonyl (C=O) groups is 2. The molecule has 1 aliphatic rings. The minimum absolute atomic E-state index is 0.00483. The van der Waals surface area contributed by atoms with E-state index in [4.69, 9.17) is 11.6 Å². The van der Waals surface area contributed by atoms with E-state index in [-0.39, 0.29) is 23.2 Å². The predicted molar refractivity (Wildman–Crippen MR) is 133 cm³/mol. The van der Waals surface area contributed by atoms with E-state index in [1.54, 1.807) is 42.7 Å². The molecule has 1 fully saturated rings. The van der Waals surface area contributed by atoms with Gasteiger partial charge in [0.25, 0.3) is 11.8 Å². The maximum Gasteiger partial charge on any atom is 0.255 e. The third-order valence-electron chi connectivity index (χ3n) is 6.10. The van der Waals surface area contributed by atoms with Crippen molar-refractivity contribution in [3.05, 3.63) is 78.1 Å². The van der Waals surface area contributed by atoms with Gasteiger partial charge in [-0.15, -0.1) is 11.6 Å². The molecule has 2 amide bonds. The number of imidazole rings is 1. The van der Waals surface area contributed by atoms with Crippen LogP contribution in [0.2, 0.25) is 0 Å². The van der Waals surface area contributed by atoms with Gasteiger partial charge < -0.3 is 15.6 Å². The topological polar surface area (TPSA) is 99.8 Å². The van der Waals surface area contributed by atoms with Crippen LogP contribution < -0.4 is 10.6 Å². The van der Waals surface area contributed by atoms with Crippen LogP contribution in [-0.2, 0) is 0 Å². The first kappa shape index (κ1) is 22.1. The van der Waals surface area contributed by atoms with E-state index in [0.29, 0.717) is 22.6 Å². The van der Waals surface area contributed by atoms with E-state index in [2.05, 4.69) is 25.6 Å². The summed E-state index contributed by atoms with van der Waals surface area (Å²) in [6.45, 7) is 0. The second-order valence-electron chi connectivity index (χ2n) is 8.47. The summed E-state index contributed by atoms with van der Waals surface area (Å²) in [7, 11) is 0. The van der Waals surface area contributed by atoms with E-state index < -0.39 is 0 Å². The molecule has 2 aromatic carbocycles. The molecule has 1 saturated carbocycles. The molecule has 0 bridgehead atoms. The number of benzene rings is 2. The van der Waals surface area contributed by atoms with Crippen LogP contribution in [0.25, 0.3) is 22.4 Å². The van der Waals surface area contributed by atoms with Crippen LogP contribution in [0.5, 0.6) is 0 Å². The molecule has 7 nitrogen and oxygen atoms in total. The number of amides is 2. The van der Waals surface area contributed by atoms with E-state index in [1.165, 1.54) is 0 Å². The maximum atomic E-state index is 12.8. The lowest BCUT2D eigenvalue weighted by molar-refractivity contribution is 0.0928. The summed E-state index contributed by atoms with van der Waals surface area (Å²) < 4.78 is 0. The number of alkyl halides is 1. The Hall–Kier alpha value is -3.71. The molecule has 8 heteroatoms. The monoisotopic (exact) mass is 473 g/mol. The van der Waals surface area contributed by atoms with E-state index >= 15 is 0 Å². The third-order valence-corrected chi connectivity index (χ3v) is 6.62. The number of rotatable bonds is 5. The van der Waals surface area contributed by atoms with Crippen LogP contribution in [-0.4, -0.2) is 38.2 Å². The fraction of sp³-hybridized carbons (Fsp3) is 0.231. The first-order valence-electron chi connectivity index (χ1n) is 11.3. The number of halogens is 1. The number of H-pyrrole nitrogens is 1. The van der Waals surface area contributed by atoms with Crippen molar-refractivity contribution in [1.82, 2.24) is 20.3 Å². The van der Waals surface area contributed by atoms with Crippen molar-refractivity contribution in [1.29, 1.82) is 0 Å². The fourth-order valence-electron chi connectivity index (χ4n) is 4.21. The first-order valence-corrected chi connectivity index (χ1v) is 11.8. The number of hydrogen-bond donors (Lipinski definition) is 3. The Balaban J connectivity index is 1.30. The average Bonchev–Trinajstić information content (AvgIpc) is 3.30. The molecular weight excluding hydrogens is 450 g/mol. The Morgan fingerprint density at radius 1 is 0.912 bits per heavy atom. The molecule has 4 aromatic rings. The zero-order chi connectivity index (χ0) is 23.5. The SMILES string of the molecule is O=C(Nc1ccncc1)c1ccc(-c2nc3ccc(C(=O)NC4CCCCC4Cl)cc3[nH]2)cc1. The quantitative estimate of drug-likeness (QED) is 0.349. The fourth-order valence-corrected chi connectivity index (χ4v) is 4.55. The van der Waals surface area contributed by atoms with Crippen molar-refractivity contribution < 1.29 is 9.59 Å². The molecule has 3 N–H and O–H groups in total. The molecule has 2 heterocycles. The van der Waals surface area contributed by atoms with Crippen molar-refractivity contribution in [2.45, 2.75) is 37.1 Å². The van der Waals surface area contributed by atoms with Gasteiger partial charge in [0.2, 0.25) is 0 Å². The molecule has 2 atom stereocenters. The highest BCUT2D eigenvalue weighted by atomic mass is 35.5.